The van der Waals surface area contributed by atoms with Crippen LogP contribution in [0, 0.1) is 0 Å². The quantitative estimate of drug-likeness (QED) is 0.775. The van der Waals surface area contributed by atoms with Crippen LogP contribution in [0.25, 0.3) is 0 Å². The summed E-state index contributed by atoms with van der Waals surface area (Å²) < 4.78 is 11.0. The van der Waals surface area contributed by atoms with Crippen molar-refractivity contribution in [2.75, 3.05) is 6.16 Å². The molecule has 0 fully saturated rings. The molecule has 0 radical (unpaired) electrons. The smallest absolute Gasteiger partial charge is 0.324 e. The van der Waals surface area contributed by atoms with Gasteiger partial charge >= 0.3 is 7.60 Å². The van der Waals surface area contributed by atoms with E-state index in [-0.39, 0.29) is 6.16 Å². The monoisotopic (exact) mass is 284 g/mol. The van der Waals surface area contributed by atoms with Crippen LogP contribution in [-0.4, -0.2) is 15.9 Å². The molecule has 0 saturated carbocycles. The van der Waals surface area contributed by atoms with Crippen LogP contribution in [0.15, 0.2) is 18.2 Å². The number of benzene rings is 1. The van der Waals surface area contributed by atoms with Crippen LogP contribution in [0.4, 0.5) is 0 Å². The molecule has 19 heavy (non-hydrogen) atoms. The van der Waals surface area contributed by atoms with Gasteiger partial charge in [-0.15, -0.1) is 0 Å². The zero-order valence-corrected chi connectivity index (χ0v) is 13.2. The highest BCUT2D eigenvalue weighted by Gasteiger charge is 2.16. The zero-order valence-electron chi connectivity index (χ0n) is 12.3. The van der Waals surface area contributed by atoms with Gasteiger partial charge in [0.25, 0.3) is 0 Å². The Kier molecular flexibility index (Phi) is 5.79. The van der Waals surface area contributed by atoms with Crippen molar-refractivity contribution in [3.63, 3.8) is 0 Å². The Morgan fingerprint density at radius 3 is 1.89 bits per heavy atom. The minimum absolute atomic E-state index is 0.0308. The molecule has 0 aliphatic rings. The highest BCUT2D eigenvalue weighted by molar-refractivity contribution is 7.51. The number of hydrogen-bond acceptors (Lipinski definition) is 1. The van der Waals surface area contributed by atoms with Crippen molar-refractivity contribution in [3.8, 4) is 0 Å². The van der Waals surface area contributed by atoms with Crippen LogP contribution in [0.2, 0.25) is 0 Å². The molecule has 1 rings (SSSR count). The van der Waals surface area contributed by atoms with Gasteiger partial charge in [0, 0.05) is 0 Å². The standard InChI is InChI=1S/C15H25O3P/c1-11(2)13-7-5-8-14(12(3)4)15(13)9-6-10-19(16,17)18/h5,7-8,11-12H,6,9-10H2,1-4H3,(H2,16,17,18). The fraction of sp³-hybridized carbons (Fsp3) is 0.600. The van der Waals surface area contributed by atoms with E-state index in [0.29, 0.717) is 18.3 Å². The molecular weight excluding hydrogens is 259 g/mol. The summed E-state index contributed by atoms with van der Waals surface area (Å²) in [5, 5.41) is 0. The summed E-state index contributed by atoms with van der Waals surface area (Å²) in [5.74, 6) is 0.868. The van der Waals surface area contributed by atoms with Gasteiger partial charge in [0.05, 0.1) is 6.16 Å². The van der Waals surface area contributed by atoms with E-state index in [9.17, 15) is 4.57 Å². The summed E-state index contributed by atoms with van der Waals surface area (Å²) in [4.78, 5) is 17.9. The Labute approximate surface area is 116 Å². The maximum atomic E-state index is 11.0. The van der Waals surface area contributed by atoms with Crippen molar-refractivity contribution in [2.45, 2.75) is 52.4 Å². The summed E-state index contributed by atoms with van der Waals surface area (Å²) in [6.45, 7) is 8.63. The van der Waals surface area contributed by atoms with E-state index >= 15 is 0 Å². The lowest BCUT2D eigenvalue weighted by molar-refractivity contribution is 0.371. The second-order valence-corrected chi connectivity index (χ2v) is 7.49. The van der Waals surface area contributed by atoms with Gasteiger partial charge in [0.15, 0.2) is 0 Å². The lowest BCUT2D eigenvalue weighted by atomic mass is 9.87. The molecule has 0 atom stereocenters. The minimum atomic E-state index is -3.88. The van der Waals surface area contributed by atoms with Crippen molar-refractivity contribution in [3.05, 3.63) is 34.9 Å². The van der Waals surface area contributed by atoms with Gasteiger partial charge in [-0.3, -0.25) is 4.57 Å². The van der Waals surface area contributed by atoms with E-state index in [4.69, 9.17) is 9.79 Å². The van der Waals surface area contributed by atoms with E-state index < -0.39 is 7.60 Å². The number of hydrogen-bond donors (Lipinski definition) is 2. The molecule has 0 aliphatic carbocycles. The molecule has 1 aromatic carbocycles. The lowest BCUT2D eigenvalue weighted by Crippen LogP contribution is -2.04. The van der Waals surface area contributed by atoms with Gasteiger partial charge < -0.3 is 9.79 Å². The molecule has 0 heterocycles. The molecular formula is C15H25O3P. The Bertz CT molecular complexity index is 434. The van der Waals surface area contributed by atoms with Crippen molar-refractivity contribution in [2.24, 2.45) is 0 Å². The molecule has 0 amide bonds. The molecule has 2 N–H and O–H groups in total. The predicted octanol–water partition coefficient (Wildman–Crippen LogP) is 4.04. The van der Waals surface area contributed by atoms with Crippen LogP contribution in [0.1, 0.15) is 62.6 Å². The maximum absolute atomic E-state index is 11.0. The lowest BCUT2D eigenvalue weighted by Gasteiger charge is -2.19. The van der Waals surface area contributed by atoms with Crippen LogP contribution < -0.4 is 0 Å². The van der Waals surface area contributed by atoms with E-state index in [1.54, 1.807) is 0 Å². The summed E-state index contributed by atoms with van der Waals surface area (Å²) >= 11 is 0. The SMILES string of the molecule is CC(C)c1cccc(C(C)C)c1CCCP(=O)(O)O. The average molecular weight is 284 g/mol. The minimum Gasteiger partial charge on any atom is -0.324 e. The van der Waals surface area contributed by atoms with Gasteiger partial charge in [-0.1, -0.05) is 45.9 Å². The first-order chi connectivity index (χ1) is 8.72. The van der Waals surface area contributed by atoms with Gasteiger partial charge in [0.2, 0.25) is 0 Å². The Morgan fingerprint density at radius 2 is 1.53 bits per heavy atom. The largest absolute Gasteiger partial charge is 0.325 e. The molecule has 4 heteroatoms. The van der Waals surface area contributed by atoms with Crippen LogP contribution in [-0.2, 0) is 11.0 Å². The Morgan fingerprint density at radius 1 is 1.05 bits per heavy atom. The zero-order chi connectivity index (χ0) is 14.6. The van der Waals surface area contributed by atoms with E-state index in [1.165, 1.54) is 16.7 Å². The predicted molar refractivity (Wildman–Crippen MR) is 79.9 cm³/mol. The molecule has 1 aromatic rings. The first-order valence-electron chi connectivity index (χ1n) is 6.88. The highest BCUT2D eigenvalue weighted by atomic mass is 31.2. The third-order valence-corrected chi connectivity index (χ3v) is 4.27. The van der Waals surface area contributed by atoms with Crippen molar-refractivity contribution < 1.29 is 14.4 Å². The first-order valence-corrected chi connectivity index (χ1v) is 8.68. The van der Waals surface area contributed by atoms with Crippen LogP contribution in [0.3, 0.4) is 0 Å². The van der Waals surface area contributed by atoms with Crippen LogP contribution in [0.5, 0.6) is 0 Å². The summed E-state index contributed by atoms with van der Waals surface area (Å²) in [6, 6.07) is 6.34. The van der Waals surface area contributed by atoms with Crippen molar-refractivity contribution in [1.82, 2.24) is 0 Å². The van der Waals surface area contributed by atoms with E-state index in [1.807, 2.05) is 0 Å². The Balaban J connectivity index is 2.98. The Hall–Kier alpha value is -0.630. The summed E-state index contributed by atoms with van der Waals surface area (Å²) in [6.07, 6.45) is 1.25. The maximum Gasteiger partial charge on any atom is 0.325 e. The highest BCUT2D eigenvalue weighted by Crippen LogP contribution is 2.36. The topological polar surface area (TPSA) is 57.5 Å². The van der Waals surface area contributed by atoms with Gasteiger partial charge in [-0.25, -0.2) is 0 Å². The van der Waals surface area contributed by atoms with Gasteiger partial charge in [-0.05, 0) is 41.4 Å². The van der Waals surface area contributed by atoms with Crippen LogP contribution >= 0.6 is 7.60 Å². The average Bonchev–Trinajstić information content (AvgIpc) is 2.26. The second-order valence-electron chi connectivity index (χ2n) is 5.72. The fourth-order valence-corrected chi connectivity index (χ4v) is 3.03. The molecule has 0 aromatic heterocycles. The summed E-state index contributed by atoms with van der Waals surface area (Å²) in [5.41, 5.74) is 3.88. The number of rotatable bonds is 6. The molecule has 0 saturated heterocycles. The van der Waals surface area contributed by atoms with Crippen molar-refractivity contribution in [1.29, 1.82) is 0 Å². The van der Waals surface area contributed by atoms with E-state index in [2.05, 4.69) is 45.9 Å². The van der Waals surface area contributed by atoms with E-state index in [0.717, 1.165) is 6.42 Å². The first kappa shape index (κ1) is 16.4. The molecule has 0 unspecified atom stereocenters. The van der Waals surface area contributed by atoms with Crippen molar-refractivity contribution >= 4 is 7.60 Å². The second kappa shape index (κ2) is 6.69. The van der Waals surface area contributed by atoms with Gasteiger partial charge in [-0.2, -0.15) is 0 Å². The molecule has 108 valence electrons. The molecule has 0 spiro atoms. The normalized spacial score (nSPS) is 12.4. The summed E-state index contributed by atoms with van der Waals surface area (Å²) in [7, 11) is -3.88. The third kappa shape index (κ3) is 5.10. The van der Waals surface area contributed by atoms with Gasteiger partial charge in [0.1, 0.15) is 0 Å². The molecule has 0 aliphatic heterocycles. The molecule has 0 bridgehead atoms. The fourth-order valence-electron chi connectivity index (χ4n) is 2.46. The third-order valence-electron chi connectivity index (χ3n) is 3.37. The molecule has 3 nitrogen and oxygen atoms in total.